The number of imidazole rings is 2. The second-order valence-corrected chi connectivity index (χ2v) is 11.6. The topological polar surface area (TPSA) is 112 Å². The molecule has 0 saturated carbocycles. The van der Waals surface area contributed by atoms with Gasteiger partial charge in [-0.2, -0.15) is 5.26 Å². The quantitative estimate of drug-likeness (QED) is 0.196. The van der Waals surface area contributed by atoms with E-state index in [2.05, 4.69) is 75.1 Å². The van der Waals surface area contributed by atoms with Crippen molar-refractivity contribution in [3.8, 4) is 17.3 Å². The maximum absolute atomic E-state index is 13.3. The molecular weight excluding hydrogens is 687 g/mol. The van der Waals surface area contributed by atoms with Crippen LogP contribution < -0.4 is 10.2 Å². The number of hydrogen-bond donors (Lipinski definition) is 1. The van der Waals surface area contributed by atoms with E-state index in [1.165, 1.54) is 23.5 Å². The van der Waals surface area contributed by atoms with E-state index in [-0.39, 0.29) is 5.82 Å². The zero-order valence-corrected chi connectivity index (χ0v) is 27.1. The highest BCUT2D eigenvalue weighted by atomic mass is 79.9. The van der Waals surface area contributed by atoms with Crippen LogP contribution in [-0.2, 0) is 12.8 Å². The maximum atomic E-state index is 13.3. The van der Waals surface area contributed by atoms with Crippen molar-refractivity contribution < 1.29 is 4.39 Å². The lowest BCUT2D eigenvalue weighted by atomic mass is 10.1. The summed E-state index contributed by atoms with van der Waals surface area (Å²) >= 11 is 8.03. The van der Waals surface area contributed by atoms with Gasteiger partial charge in [0.15, 0.2) is 16.4 Å². The zero-order chi connectivity index (χ0) is 30.0. The Labute approximate surface area is 262 Å². The third-order valence-corrected chi connectivity index (χ3v) is 8.27. The second kappa shape index (κ2) is 12.5. The summed E-state index contributed by atoms with van der Waals surface area (Å²) in [7, 11) is 3.79. The van der Waals surface area contributed by atoms with Crippen LogP contribution in [-0.4, -0.2) is 47.8 Å². The minimum Gasteiger partial charge on any atom is -0.373 e. The molecule has 214 valence electrons. The zero-order valence-electron chi connectivity index (χ0n) is 23.1. The summed E-state index contributed by atoms with van der Waals surface area (Å²) in [5.41, 5.74) is 4.82. The van der Waals surface area contributed by atoms with Crippen LogP contribution in [0.1, 0.15) is 30.1 Å². The Kier molecular flexibility index (Phi) is 8.81. The molecule has 5 aromatic heterocycles. The molecule has 10 nitrogen and oxygen atoms in total. The predicted molar refractivity (Wildman–Crippen MR) is 170 cm³/mol. The number of nitriles is 1. The van der Waals surface area contributed by atoms with Crippen molar-refractivity contribution in [2.45, 2.75) is 26.7 Å². The van der Waals surface area contributed by atoms with Crippen LogP contribution in [0, 0.1) is 17.1 Å². The number of rotatable bonds is 6. The number of thiazole rings is 1. The van der Waals surface area contributed by atoms with Gasteiger partial charge in [-0.15, -0.1) is 0 Å². The van der Waals surface area contributed by atoms with Crippen LogP contribution >= 0.6 is 43.2 Å². The van der Waals surface area contributed by atoms with Crippen LogP contribution in [0.4, 0.5) is 21.2 Å². The second-order valence-electron chi connectivity index (χ2n) is 8.97. The molecule has 6 aromatic rings. The minimum absolute atomic E-state index is 0.327. The Hall–Kier alpha value is -3.93. The van der Waals surface area contributed by atoms with Crippen molar-refractivity contribution >= 4 is 71.3 Å². The Balaban J connectivity index is 0.000000211. The van der Waals surface area contributed by atoms with Gasteiger partial charge < -0.3 is 10.2 Å². The maximum Gasteiger partial charge on any atom is 0.192 e. The molecule has 5 heterocycles. The number of hydrogen-bond acceptors (Lipinski definition) is 9. The van der Waals surface area contributed by atoms with Crippen molar-refractivity contribution in [1.29, 1.82) is 5.26 Å². The van der Waals surface area contributed by atoms with Crippen LogP contribution in [0.25, 0.3) is 22.6 Å². The largest absolute Gasteiger partial charge is 0.373 e. The molecule has 0 spiro atoms. The summed E-state index contributed by atoms with van der Waals surface area (Å²) in [6, 6.07) is 8.19. The van der Waals surface area contributed by atoms with Gasteiger partial charge in [-0.25, -0.2) is 29.3 Å². The first-order chi connectivity index (χ1) is 20.3. The van der Waals surface area contributed by atoms with Crippen molar-refractivity contribution in [1.82, 2.24) is 33.7 Å². The molecular formula is C28H25Br2FN10S. The number of nitrogens with zero attached hydrogens (tertiary/aromatic N) is 9. The third kappa shape index (κ3) is 5.72. The molecule has 0 fully saturated rings. The van der Waals surface area contributed by atoms with E-state index >= 15 is 0 Å². The number of aryl methyl sites for hydroxylation is 2. The molecule has 1 aromatic carbocycles. The van der Waals surface area contributed by atoms with Crippen LogP contribution in [0.2, 0.25) is 0 Å². The Morgan fingerprint density at radius 3 is 2.14 bits per heavy atom. The molecule has 0 atom stereocenters. The van der Waals surface area contributed by atoms with Gasteiger partial charge >= 0.3 is 0 Å². The summed E-state index contributed by atoms with van der Waals surface area (Å²) in [6.45, 7) is 4.12. The predicted octanol–water partition coefficient (Wildman–Crippen LogP) is 7.05. The molecule has 0 unspecified atom stereocenters. The summed E-state index contributed by atoms with van der Waals surface area (Å²) in [5, 5.41) is 13.4. The number of halogens is 3. The summed E-state index contributed by atoms with van der Waals surface area (Å²) in [6.07, 6.45) is 8.87. The SMILES string of the molecule is CCc1nc2cnc(Br)cn2c1N(C)c1nc(-c2ccc(F)cc2)c(C#N)s1.CCc1nc2cnc(Br)cn2c1NC. The molecule has 0 bridgehead atoms. The molecule has 0 aliphatic heterocycles. The molecule has 6 rings (SSSR count). The highest BCUT2D eigenvalue weighted by Gasteiger charge is 2.22. The summed E-state index contributed by atoms with van der Waals surface area (Å²) in [5.74, 6) is 1.57. The lowest BCUT2D eigenvalue weighted by Gasteiger charge is -2.16. The van der Waals surface area contributed by atoms with Crippen molar-refractivity contribution in [3.63, 3.8) is 0 Å². The standard InChI is InChI=1S/C19H14BrFN6S.C9H11BrN4/c1-3-13-18(27-10-15(20)23-9-16(27)24-13)26(2)19-25-17(14(8-22)28-19)11-4-6-12(21)7-5-11;1-3-6-9(11-2)14-5-7(10)12-4-8(14)13-6/h4-7,9-10H,3H2,1-2H3;4-5,11H,3H2,1-2H3. The summed E-state index contributed by atoms with van der Waals surface area (Å²) < 4.78 is 18.7. The van der Waals surface area contributed by atoms with E-state index in [4.69, 9.17) is 0 Å². The van der Waals surface area contributed by atoms with Crippen molar-refractivity contribution in [2.24, 2.45) is 0 Å². The van der Waals surface area contributed by atoms with Gasteiger partial charge in [0, 0.05) is 32.1 Å². The average Bonchev–Trinajstić information content (AvgIpc) is 3.69. The molecule has 0 aliphatic carbocycles. The number of aromatic nitrogens is 7. The lowest BCUT2D eigenvalue weighted by molar-refractivity contribution is 0.628. The molecule has 0 radical (unpaired) electrons. The highest BCUT2D eigenvalue weighted by Crippen LogP contribution is 2.37. The van der Waals surface area contributed by atoms with Crippen LogP contribution in [0.5, 0.6) is 0 Å². The molecule has 14 heteroatoms. The summed E-state index contributed by atoms with van der Waals surface area (Å²) in [4.78, 5) is 24.5. The monoisotopic (exact) mass is 710 g/mol. The van der Waals surface area contributed by atoms with Gasteiger partial charge in [0.2, 0.25) is 0 Å². The van der Waals surface area contributed by atoms with E-state index in [9.17, 15) is 9.65 Å². The van der Waals surface area contributed by atoms with Gasteiger partial charge in [-0.1, -0.05) is 25.2 Å². The van der Waals surface area contributed by atoms with Crippen molar-refractivity contribution in [3.05, 3.63) is 80.3 Å². The first-order valence-electron chi connectivity index (χ1n) is 12.9. The Morgan fingerprint density at radius 2 is 1.55 bits per heavy atom. The lowest BCUT2D eigenvalue weighted by Crippen LogP contribution is -2.13. The fourth-order valence-corrected chi connectivity index (χ4v) is 5.94. The van der Waals surface area contributed by atoms with Gasteiger partial charge in [0.05, 0.1) is 23.8 Å². The molecule has 0 saturated heterocycles. The Morgan fingerprint density at radius 1 is 0.952 bits per heavy atom. The molecule has 42 heavy (non-hydrogen) atoms. The van der Waals surface area contributed by atoms with Gasteiger partial charge in [-0.3, -0.25) is 8.80 Å². The first kappa shape index (κ1) is 29.6. The van der Waals surface area contributed by atoms with Gasteiger partial charge in [0.1, 0.15) is 43.3 Å². The van der Waals surface area contributed by atoms with E-state index in [0.717, 1.165) is 51.8 Å². The normalized spacial score (nSPS) is 10.9. The molecule has 0 aliphatic rings. The fourth-order valence-electron chi connectivity index (χ4n) is 4.47. The van der Waals surface area contributed by atoms with E-state index in [1.807, 2.05) is 47.1 Å². The van der Waals surface area contributed by atoms with Crippen LogP contribution in [0.3, 0.4) is 0 Å². The smallest absolute Gasteiger partial charge is 0.192 e. The van der Waals surface area contributed by atoms with E-state index < -0.39 is 0 Å². The number of anilines is 3. The highest BCUT2D eigenvalue weighted by molar-refractivity contribution is 9.10. The first-order valence-corrected chi connectivity index (χ1v) is 15.3. The number of nitrogens with one attached hydrogen (secondary N) is 1. The van der Waals surface area contributed by atoms with E-state index in [1.54, 1.807) is 24.5 Å². The number of fused-ring (bicyclic) bond motifs is 2. The van der Waals surface area contributed by atoms with Crippen LogP contribution in [0.15, 0.2) is 58.3 Å². The molecule has 0 amide bonds. The fraction of sp³-hybridized carbons (Fsp3) is 0.214. The van der Waals surface area contributed by atoms with E-state index in [0.29, 0.717) is 25.9 Å². The third-order valence-electron chi connectivity index (χ3n) is 6.42. The Bertz CT molecular complexity index is 1920. The average molecular weight is 712 g/mol. The van der Waals surface area contributed by atoms with Gasteiger partial charge in [-0.05, 0) is 69.0 Å². The van der Waals surface area contributed by atoms with Crippen molar-refractivity contribution in [2.75, 3.05) is 24.3 Å². The minimum atomic E-state index is -0.327. The number of benzene rings is 1. The molecule has 1 N–H and O–H groups in total. The van der Waals surface area contributed by atoms with Gasteiger partial charge in [0.25, 0.3) is 0 Å².